The second kappa shape index (κ2) is 7.99. The van der Waals surface area contributed by atoms with Crippen LogP contribution < -0.4 is 0 Å². The Labute approximate surface area is 153 Å². The van der Waals surface area contributed by atoms with E-state index in [2.05, 4.69) is 0 Å². The van der Waals surface area contributed by atoms with Crippen molar-refractivity contribution in [1.29, 1.82) is 0 Å². The second-order valence-corrected chi connectivity index (χ2v) is 6.60. The van der Waals surface area contributed by atoms with E-state index in [1.54, 1.807) is 6.92 Å². The lowest BCUT2D eigenvalue weighted by atomic mass is 9.86. The van der Waals surface area contributed by atoms with E-state index < -0.39 is 29.9 Å². The van der Waals surface area contributed by atoms with E-state index >= 15 is 0 Å². The first-order chi connectivity index (χ1) is 12.6. The summed E-state index contributed by atoms with van der Waals surface area (Å²) in [5, 5.41) is 21.6. The number of carbonyl (C=O) groups is 1. The molecule has 0 saturated carbocycles. The minimum Gasteiger partial charge on any atom is -0.457 e. The van der Waals surface area contributed by atoms with Crippen molar-refractivity contribution in [2.24, 2.45) is 0 Å². The molecule has 1 aliphatic rings. The molecule has 2 aromatic rings. The molecule has 0 unspecified atom stereocenters. The van der Waals surface area contributed by atoms with Crippen LogP contribution in [-0.4, -0.2) is 40.1 Å². The van der Waals surface area contributed by atoms with Crippen molar-refractivity contribution in [1.82, 2.24) is 0 Å². The molecular weight excluding hydrogens is 332 g/mol. The Morgan fingerprint density at radius 1 is 1.08 bits per heavy atom. The Kier molecular flexibility index (Phi) is 5.71. The van der Waals surface area contributed by atoms with E-state index in [4.69, 9.17) is 9.47 Å². The maximum atomic E-state index is 12.4. The Morgan fingerprint density at radius 3 is 2.23 bits per heavy atom. The normalized spacial score (nSPS) is 26.5. The van der Waals surface area contributed by atoms with E-state index in [1.807, 2.05) is 60.7 Å². The van der Waals surface area contributed by atoms with Crippen LogP contribution in [0.15, 0.2) is 60.7 Å². The number of cyclic esters (lactones) is 1. The summed E-state index contributed by atoms with van der Waals surface area (Å²) in [5.74, 6) is -0.828. The number of aliphatic hydroxyl groups excluding tert-OH is 1. The van der Waals surface area contributed by atoms with Gasteiger partial charge in [0.2, 0.25) is 5.60 Å². The lowest BCUT2D eigenvalue weighted by molar-refractivity contribution is -0.179. The molecule has 0 aromatic heterocycles. The molecule has 1 heterocycles. The SMILES string of the molecule is CC[C@@H](OCc1ccccc1)[C@]1(O)C(=O)O[C@H](Cc2ccccc2)[C@@H]1O. The Hall–Kier alpha value is -2.21. The summed E-state index contributed by atoms with van der Waals surface area (Å²) in [6.45, 7) is 2.04. The fourth-order valence-corrected chi connectivity index (χ4v) is 3.35. The maximum absolute atomic E-state index is 12.4. The highest BCUT2D eigenvalue weighted by molar-refractivity contribution is 5.83. The number of esters is 1. The van der Waals surface area contributed by atoms with Gasteiger partial charge in [-0.2, -0.15) is 0 Å². The van der Waals surface area contributed by atoms with E-state index in [0.717, 1.165) is 11.1 Å². The fourth-order valence-electron chi connectivity index (χ4n) is 3.35. The standard InChI is InChI=1S/C21H24O5/c1-2-18(25-14-16-11-7-4-8-12-16)21(24)19(22)17(26-20(21)23)13-15-9-5-3-6-10-15/h3-12,17-19,22,24H,2,13-14H2,1H3/t17-,18-,19+,21-/m1/s1. The predicted molar refractivity (Wildman–Crippen MR) is 96.3 cm³/mol. The molecule has 0 aliphatic carbocycles. The third-order valence-electron chi connectivity index (χ3n) is 4.82. The number of rotatable bonds is 7. The molecule has 3 rings (SSSR count). The van der Waals surface area contributed by atoms with Gasteiger partial charge in [-0.25, -0.2) is 4.79 Å². The molecule has 0 amide bonds. The highest BCUT2D eigenvalue weighted by Crippen LogP contribution is 2.34. The number of benzene rings is 2. The Balaban J connectivity index is 1.72. The van der Waals surface area contributed by atoms with Gasteiger partial charge in [-0.1, -0.05) is 67.6 Å². The molecule has 26 heavy (non-hydrogen) atoms. The van der Waals surface area contributed by atoms with E-state index in [1.165, 1.54) is 0 Å². The van der Waals surface area contributed by atoms with E-state index in [0.29, 0.717) is 12.8 Å². The van der Waals surface area contributed by atoms with Crippen molar-refractivity contribution in [3.8, 4) is 0 Å². The molecule has 0 spiro atoms. The van der Waals surface area contributed by atoms with Gasteiger partial charge in [-0.05, 0) is 17.5 Å². The molecule has 1 aliphatic heterocycles. The number of aliphatic hydroxyl groups is 2. The number of carbonyl (C=O) groups excluding carboxylic acids is 1. The van der Waals surface area contributed by atoms with Crippen LogP contribution >= 0.6 is 0 Å². The minimum atomic E-state index is -2.07. The van der Waals surface area contributed by atoms with Crippen LogP contribution in [0.5, 0.6) is 0 Å². The van der Waals surface area contributed by atoms with Crippen molar-refractivity contribution in [3.63, 3.8) is 0 Å². The summed E-state index contributed by atoms with van der Waals surface area (Å²) >= 11 is 0. The molecule has 1 fully saturated rings. The van der Waals surface area contributed by atoms with Crippen molar-refractivity contribution < 1.29 is 24.5 Å². The zero-order valence-electron chi connectivity index (χ0n) is 14.7. The van der Waals surface area contributed by atoms with Crippen molar-refractivity contribution in [2.75, 3.05) is 0 Å². The van der Waals surface area contributed by atoms with Crippen LogP contribution in [0.1, 0.15) is 24.5 Å². The lowest BCUT2D eigenvalue weighted by Crippen LogP contribution is -2.56. The van der Waals surface area contributed by atoms with Crippen LogP contribution in [0, 0.1) is 0 Å². The summed E-state index contributed by atoms with van der Waals surface area (Å²) in [5.41, 5.74) is -0.216. The minimum absolute atomic E-state index is 0.241. The average Bonchev–Trinajstić information content (AvgIpc) is 2.88. The average molecular weight is 356 g/mol. The topological polar surface area (TPSA) is 76.0 Å². The molecule has 4 atom stereocenters. The second-order valence-electron chi connectivity index (χ2n) is 6.60. The predicted octanol–water partition coefficient (Wildman–Crippen LogP) is 2.24. The summed E-state index contributed by atoms with van der Waals surface area (Å²) in [7, 11) is 0. The van der Waals surface area contributed by atoms with Gasteiger partial charge in [-0.3, -0.25) is 0 Å². The fraction of sp³-hybridized carbons (Fsp3) is 0.381. The zero-order valence-corrected chi connectivity index (χ0v) is 14.7. The highest BCUT2D eigenvalue weighted by atomic mass is 16.6. The number of hydrogen-bond donors (Lipinski definition) is 2. The summed E-state index contributed by atoms with van der Waals surface area (Å²) in [6.07, 6.45) is -2.30. The monoisotopic (exact) mass is 356 g/mol. The third-order valence-corrected chi connectivity index (χ3v) is 4.82. The summed E-state index contributed by atoms with van der Waals surface area (Å²) < 4.78 is 11.1. The molecule has 138 valence electrons. The van der Waals surface area contributed by atoms with Gasteiger partial charge in [0.1, 0.15) is 18.3 Å². The Bertz CT molecular complexity index is 718. The molecule has 2 N–H and O–H groups in total. The van der Waals surface area contributed by atoms with Crippen molar-refractivity contribution in [2.45, 2.75) is 50.3 Å². The summed E-state index contributed by atoms with van der Waals surface area (Å²) in [6, 6.07) is 18.9. The van der Waals surface area contributed by atoms with Crippen LogP contribution in [0.3, 0.4) is 0 Å². The van der Waals surface area contributed by atoms with Crippen LogP contribution in [0.25, 0.3) is 0 Å². The van der Waals surface area contributed by atoms with Gasteiger partial charge in [0.25, 0.3) is 0 Å². The molecule has 5 nitrogen and oxygen atoms in total. The van der Waals surface area contributed by atoms with Crippen molar-refractivity contribution >= 4 is 5.97 Å². The largest absolute Gasteiger partial charge is 0.457 e. The van der Waals surface area contributed by atoms with Gasteiger partial charge < -0.3 is 19.7 Å². The van der Waals surface area contributed by atoms with Gasteiger partial charge >= 0.3 is 5.97 Å². The summed E-state index contributed by atoms with van der Waals surface area (Å²) in [4.78, 5) is 12.4. The highest BCUT2D eigenvalue weighted by Gasteiger charge is 2.60. The third kappa shape index (κ3) is 3.65. The van der Waals surface area contributed by atoms with E-state index in [-0.39, 0.29) is 6.61 Å². The maximum Gasteiger partial charge on any atom is 0.344 e. The molecular formula is C21H24O5. The van der Waals surface area contributed by atoms with Gasteiger partial charge in [-0.15, -0.1) is 0 Å². The van der Waals surface area contributed by atoms with Crippen LogP contribution in [0.4, 0.5) is 0 Å². The van der Waals surface area contributed by atoms with Crippen LogP contribution in [0.2, 0.25) is 0 Å². The molecule has 1 saturated heterocycles. The molecule has 0 radical (unpaired) electrons. The number of ether oxygens (including phenoxy) is 2. The molecule has 5 heteroatoms. The first-order valence-corrected chi connectivity index (χ1v) is 8.86. The Morgan fingerprint density at radius 2 is 1.65 bits per heavy atom. The molecule has 2 aromatic carbocycles. The molecule has 0 bridgehead atoms. The van der Waals surface area contributed by atoms with Crippen LogP contribution in [-0.2, 0) is 27.3 Å². The quantitative estimate of drug-likeness (QED) is 0.744. The van der Waals surface area contributed by atoms with Crippen molar-refractivity contribution in [3.05, 3.63) is 71.8 Å². The smallest absolute Gasteiger partial charge is 0.344 e. The number of hydrogen-bond acceptors (Lipinski definition) is 5. The van der Waals surface area contributed by atoms with Gasteiger partial charge in [0.05, 0.1) is 6.61 Å². The first-order valence-electron chi connectivity index (χ1n) is 8.86. The van der Waals surface area contributed by atoms with Gasteiger partial charge in [0.15, 0.2) is 0 Å². The van der Waals surface area contributed by atoms with E-state index in [9.17, 15) is 15.0 Å². The first kappa shape index (κ1) is 18.6. The zero-order chi connectivity index (χ0) is 18.6. The lowest BCUT2D eigenvalue weighted by Gasteiger charge is -2.31. The van der Waals surface area contributed by atoms with Gasteiger partial charge in [0, 0.05) is 6.42 Å².